The molecule has 1 heterocycles. The normalized spacial score (nSPS) is 15.1. The molecule has 1 amide bonds. The van der Waals surface area contributed by atoms with E-state index in [4.69, 9.17) is 4.74 Å². The molecule has 1 aliphatic heterocycles. The minimum Gasteiger partial charge on any atom is -0.379 e. The van der Waals surface area contributed by atoms with Gasteiger partial charge >= 0.3 is 0 Å². The molecule has 1 saturated heterocycles. The van der Waals surface area contributed by atoms with E-state index in [1.165, 1.54) is 10.4 Å². The summed E-state index contributed by atoms with van der Waals surface area (Å²) in [5.41, 5.74) is 4.68. The third kappa shape index (κ3) is 4.75. The van der Waals surface area contributed by atoms with Crippen LogP contribution in [0, 0.1) is 12.7 Å². The summed E-state index contributed by atoms with van der Waals surface area (Å²) in [4.78, 5) is 12.2. The van der Waals surface area contributed by atoms with Crippen molar-refractivity contribution in [2.45, 2.75) is 18.7 Å². The lowest BCUT2D eigenvalue weighted by Crippen LogP contribution is -2.42. The maximum atomic E-state index is 14.3. The van der Waals surface area contributed by atoms with Crippen LogP contribution in [0.4, 0.5) is 10.1 Å². The molecular formula is C20H24FN3O4S. The number of benzene rings is 2. The number of carbonyl (C=O) groups is 1. The Morgan fingerprint density at radius 2 is 1.83 bits per heavy atom. The Kier molecular flexibility index (Phi) is 6.51. The van der Waals surface area contributed by atoms with E-state index in [1.807, 2.05) is 38.1 Å². The Balaban J connectivity index is 1.84. The zero-order valence-corrected chi connectivity index (χ0v) is 17.2. The highest BCUT2D eigenvalue weighted by molar-refractivity contribution is 7.89. The first-order valence-electron chi connectivity index (χ1n) is 9.35. The van der Waals surface area contributed by atoms with Gasteiger partial charge in [-0.1, -0.05) is 17.7 Å². The Hall–Kier alpha value is -2.49. The van der Waals surface area contributed by atoms with Crippen LogP contribution >= 0.6 is 0 Å². The van der Waals surface area contributed by atoms with Crippen LogP contribution in [0.2, 0.25) is 0 Å². The molecule has 2 aromatic rings. The summed E-state index contributed by atoms with van der Waals surface area (Å²) in [7, 11) is -4.05. The second-order valence-electron chi connectivity index (χ2n) is 6.68. The van der Waals surface area contributed by atoms with E-state index < -0.39 is 26.6 Å². The number of rotatable bonds is 6. The van der Waals surface area contributed by atoms with Crippen LogP contribution in [0.3, 0.4) is 0 Å². The fourth-order valence-electron chi connectivity index (χ4n) is 3.01. The van der Waals surface area contributed by atoms with E-state index in [0.29, 0.717) is 6.54 Å². The van der Waals surface area contributed by atoms with Crippen molar-refractivity contribution in [1.82, 2.24) is 9.73 Å². The maximum absolute atomic E-state index is 14.3. The molecule has 0 atom stereocenters. The number of nitrogens with one attached hydrogen (secondary N) is 1. The van der Waals surface area contributed by atoms with Gasteiger partial charge in [-0.2, -0.15) is 4.31 Å². The number of nitrogens with zero attached hydrogens (tertiary/aromatic N) is 2. The summed E-state index contributed by atoms with van der Waals surface area (Å²) in [6.45, 7) is 5.14. The smallest absolute Gasteiger partial charge is 0.269 e. The first-order valence-corrected chi connectivity index (χ1v) is 10.8. The summed E-state index contributed by atoms with van der Waals surface area (Å²) in [5, 5.41) is 1.64. The van der Waals surface area contributed by atoms with E-state index in [9.17, 15) is 17.6 Å². The van der Waals surface area contributed by atoms with Crippen LogP contribution < -0.4 is 10.4 Å². The summed E-state index contributed by atoms with van der Waals surface area (Å²) in [6.07, 6.45) is 0. The number of aryl methyl sites for hydroxylation is 1. The van der Waals surface area contributed by atoms with Gasteiger partial charge in [0.05, 0.1) is 18.9 Å². The maximum Gasteiger partial charge on any atom is 0.269 e. The topological polar surface area (TPSA) is 79.0 Å². The number of hydrogen-bond acceptors (Lipinski definition) is 5. The highest BCUT2D eigenvalue weighted by Crippen LogP contribution is 2.22. The van der Waals surface area contributed by atoms with Crippen molar-refractivity contribution in [3.05, 3.63) is 59.4 Å². The zero-order valence-electron chi connectivity index (χ0n) is 16.4. The molecule has 156 valence electrons. The van der Waals surface area contributed by atoms with Crippen LogP contribution in [0.5, 0.6) is 0 Å². The van der Waals surface area contributed by atoms with Gasteiger partial charge < -0.3 is 4.74 Å². The quantitative estimate of drug-likeness (QED) is 0.725. The van der Waals surface area contributed by atoms with Crippen molar-refractivity contribution in [2.24, 2.45) is 0 Å². The van der Waals surface area contributed by atoms with Crippen LogP contribution in [0.25, 0.3) is 0 Å². The predicted molar refractivity (Wildman–Crippen MR) is 108 cm³/mol. The summed E-state index contributed by atoms with van der Waals surface area (Å²) in [5.74, 6) is -1.41. The molecule has 0 aromatic heterocycles. The number of hydrogen-bond donors (Lipinski definition) is 1. The highest BCUT2D eigenvalue weighted by Gasteiger charge is 2.30. The highest BCUT2D eigenvalue weighted by atomic mass is 32.2. The minimum absolute atomic E-state index is 0.0591. The first-order chi connectivity index (χ1) is 13.8. The van der Waals surface area contributed by atoms with Crippen molar-refractivity contribution in [2.75, 3.05) is 37.9 Å². The third-order valence-electron chi connectivity index (χ3n) is 4.68. The van der Waals surface area contributed by atoms with Gasteiger partial charge in [0.2, 0.25) is 10.0 Å². The van der Waals surface area contributed by atoms with E-state index in [2.05, 4.69) is 5.43 Å². The fourth-order valence-corrected chi connectivity index (χ4v) is 4.50. The number of amides is 1. The second-order valence-corrected chi connectivity index (χ2v) is 8.59. The molecule has 2 aromatic carbocycles. The average Bonchev–Trinajstić information content (AvgIpc) is 2.73. The summed E-state index contributed by atoms with van der Waals surface area (Å²) >= 11 is 0. The molecule has 0 aliphatic carbocycles. The van der Waals surface area contributed by atoms with Gasteiger partial charge in [-0.05, 0) is 44.2 Å². The van der Waals surface area contributed by atoms with Gasteiger partial charge in [0.25, 0.3) is 5.91 Å². The lowest BCUT2D eigenvalue weighted by atomic mass is 10.2. The van der Waals surface area contributed by atoms with Gasteiger partial charge in [-0.25, -0.2) is 12.8 Å². The van der Waals surface area contributed by atoms with Crippen molar-refractivity contribution < 1.29 is 22.3 Å². The van der Waals surface area contributed by atoms with E-state index in [1.54, 1.807) is 5.01 Å². The first kappa shape index (κ1) is 21.2. The zero-order chi connectivity index (χ0) is 21.0. The molecule has 9 heteroatoms. The number of anilines is 1. The fraction of sp³-hybridized carbons (Fsp3) is 0.350. The molecule has 7 nitrogen and oxygen atoms in total. The summed E-state index contributed by atoms with van der Waals surface area (Å²) < 4.78 is 46.3. The second kappa shape index (κ2) is 8.89. The van der Waals surface area contributed by atoms with Crippen LogP contribution in [0.15, 0.2) is 47.4 Å². The lowest BCUT2D eigenvalue weighted by molar-refractivity contribution is 0.0729. The Bertz CT molecular complexity index is 974. The van der Waals surface area contributed by atoms with Gasteiger partial charge in [0.15, 0.2) is 0 Å². The van der Waals surface area contributed by atoms with Crippen molar-refractivity contribution in [1.29, 1.82) is 0 Å². The molecule has 3 rings (SSSR count). The molecular weight excluding hydrogens is 397 g/mol. The van der Waals surface area contributed by atoms with Gasteiger partial charge in [0.1, 0.15) is 10.7 Å². The standard InChI is InChI=1S/C20H24FN3O4S/c1-3-24(17-7-4-15(2)5-8-17)22-20(25)16-6-9-18(21)19(14-16)29(26,27)23-10-12-28-13-11-23/h4-9,14H,3,10-13H2,1-2H3,(H,22,25). The van der Waals surface area contributed by atoms with Gasteiger partial charge in [-0.3, -0.25) is 15.2 Å². The number of carbonyl (C=O) groups excluding carboxylic acids is 1. The molecule has 0 unspecified atom stereocenters. The largest absolute Gasteiger partial charge is 0.379 e. The molecule has 0 spiro atoms. The molecule has 0 bridgehead atoms. The monoisotopic (exact) mass is 421 g/mol. The number of halogens is 1. The van der Waals surface area contributed by atoms with E-state index >= 15 is 0 Å². The Labute approximate surface area is 170 Å². The van der Waals surface area contributed by atoms with Gasteiger partial charge in [0, 0.05) is 25.2 Å². The lowest BCUT2D eigenvalue weighted by Gasteiger charge is -2.26. The molecule has 1 aliphatic rings. The Morgan fingerprint density at radius 3 is 2.45 bits per heavy atom. The van der Waals surface area contributed by atoms with Crippen molar-refractivity contribution >= 4 is 21.6 Å². The number of sulfonamides is 1. The SMILES string of the molecule is CCN(NC(=O)c1ccc(F)c(S(=O)(=O)N2CCOCC2)c1)c1ccc(C)cc1. The van der Waals surface area contributed by atoms with Crippen LogP contribution in [-0.2, 0) is 14.8 Å². The molecule has 0 saturated carbocycles. The van der Waals surface area contributed by atoms with E-state index in [0.717, 1.165) is 23.4 Å². The summed E-state index contributed by atoms with van der Waals surface area (Å²) in [6, 6.07) is 11.0. The number of ether oxygens (including phenoxy) is 1. The number of hydrazine groups is 1. The third-order valence-corrected chi connectivity index (χ3v) is 6.59. The molecule has 0 radical (unpaired) electrons. The van der Waals surface area contributed by atoms with Crippen molar-refractivity contribution in [3.8, 4) is 0 Å². The van der Waals surface area contributed by atoms with Gasteiger partial charge in [-0.15, -0.1) is 0 Å². The van der Waals surface area contributed by atoms with Crippen molar-refractivity contribution in [3.63, 3.8) is 0 Å². The average molecular weight is 421 g/mol. The van der Waals surface area contributed by atoms with Crippen LogP contribution in [0.1, 0.15) is 22.8 Å². The predicted octanol–water partition coefficient (Wildman–Crippen LogP) is 2.33. The van der Waals surface area contributed by atoms with Crippen LogP contribution in [-0.4, -0.2) is 51.5 Å². The molecule has 29 heavy (non-hydrogen) atoms. The number of morpholine rings is 1. The van der Waals surface area contributed by atoms with E-state index in [-0.39, 0.29) is 31.9 Å². The Morgan fingerprint density at radius 1 is 1.17 bits per heavy atom. The minimum atomic E-state index is -4.05. The molecule has 1 fully saturated rings. The molecule has 1 N–H and O–H groups in total.